The molecule has 1 amide bonds. The van der Waals surface area contributed by atoms with Crippen molar-refractivity contribution in [3.63, 3.8) is 0 Å². The minimum absolute atomic E-state index is 0.128. The molecule has 0 bridgehead atoms. The fourth-order valence-corrected chi connectivity index (χ4v) is 1.22. The van der Waals surface area contributed by atoms with Crippen molar-refractivity contribution < 1.29 is 9.53 Å². The normalized spacial score (nSPS) is 20.1. The van der Waals surface area contributed by atoms with E-state index < -0.39 is 6.10 Å². The SMILES string of the molecule is CC1Oc2cc(N)ccc2NC1=O. The molecule has 1 aliphatic heterocycles. The van der Waals surface area contributed by atoms with Gasteiger partial charge in [0, 0.05) is 11.8 Å². The number of hydrogen-bond donors (Lipinski definition) is 2. The average Bonchev–Trinajstić information content (AvgIpc) is 2.08. The van der Waals surface area contributed by atoms with Gasteiger partial charge in [-0.1, -0.05) is 0 Å². The van der Waals surface area contributed by atoms with E-state index in [4.69, 9.17) is 10.5 Å². The predicted molar refractivity (Wildman–Crippen MR) is 49.6 cm³/mol. The van der Waals surface area contributed by atoms with Crippen LogP contribution in [0, 0.1) is 0 Å². The number of anilines is 2. The molecule has 0 aromatic heterocycles. The second-order valence-corrected chi connectivity index (χ2v) is 3.00. The van der Waals surface area contributed by atoms with E-state index in [1.807, 2.05) is 0 Å². The summed E-state index contributed by atoms with van der Waals surface area (Å²) in [5.74, 6) is 0.504. The molecule has 1 aromatic carbocycles. The van der Waals surface area contributed by atoms with Crippen LogP contribution in [0.25, 0.3) is 0 Å². The molecule has 0 saturated heterocycles. The number of fused-ring (bicyclic) bond motifs is 1. The summed E-state index contributed by atoms with van der Waals surface area (Å²) in [6.07, 6.45) is -0.450. The first kappa shape index (κ1) is 7.91. The second kappa shape index (κ2) is 2.65. The first-order valence-corrected chi connectivity index (χ1v) is 4.04. The number of nitrogens with one attached hydrogen (secondary N) is 1. The number of nitrogen functional groups attached to an aromatic ring is 1. The Morgan fingerprint density at radius 2 is 2.31 bits per heavy atom. The van der Waals surface area contributed by atoms with Crippen LogP contribution in [0.1, 0.15) is 6.92 Å². The number of amides is 1. The largest absolute Gasteiger partial charge is 0.479 e. The van der Waals surface area contributed by atoms with Crippen LogP contribution >= 0.6 is 0 Å². The van der Waals surface area contributed by atoms with Crippen molar-refractivity contribution in [2.75, 3.05) is 11.1 Å². The van der Waals surface area contributed by atoms with E-state index in [1.54, 1.807) is 25.1 Å². The second-order valence-electron chi connectivity index (χ2n) is 3.00. The fourth-order valence-electron chi connectivity index (χ4n) is 1.22. The van der Waals surface area contributed by atoms with Gasteiger partial charge < -0.3 is 15.8 Å². The molecule has 0 radical (unpaired) electrons. The smallest absolute Gasteiger partial charge is 0.265 e. The fraction of sp³-hybridized carbons (Fsp3) is 0.222. The quantitative estimate of drug-likeness (QED) is 0.582. The molecule has 0 saturated carbocycles. The standard InChI is InChI=1S/C9H10N2O2/c1-5-9(12)11-7-3-2-6(10)4-8(7)13-5/h2-5H,10H2,1H3,(H,11,12). The van der Waals surface area contributed by atoms with E-state index in [0.29, 0.717) is 17.1 Å². The molecule has 1 unspecified atom stereocenters. The van der Waals surface area contributed by atoms with Crippen molar-refractivity contribution in [2.24, 2.45) is 0 Å². The summed E-state index contributed by atoms with van der Waals surface area (Å²) in [5.41, 5.74) is 6.87. The first-order chi connectivity index (χ1) is 6.16. The maximum absolute atomic E-state index is 11.2. The lowest BCUT2D eigenvalue weighted by molar-refractivity contribution is -0.122. The van der Waals surface area contributed by atoms with Gasteiger partial charge in [0.15, 0.2) is 6.10 Å². The Bertz CT molecular complexity index is 363. The van der Waals surface area contributed by atoms with Crippen LogP contribution in [-0.4, -0.2) is 12.0 Å². The number of benzene rings is 1. The van der Waals surface area contributed by atoms with Gasteiger partial charge >= 0.3 is 0 Å². The topological polar surface area (TPSA) is 64.3 Å². The molecule has 1 aliphatic rings. The molecule has 13 heavy (non-hydrogen) atoms. The van der Waals surface area contributed by atoms with E-state index >= 15 is 0 Å². The van der Waals surface area contributed by atoms with Gasteiger partial charge in [-0.3, -0.25) is 4.79 Å². The number of carbonyl (C=O) groups excluding carboxylic acids is 1. The van der Waals surface area contributed by atoms with Crippen LogP contribution in [0.15, 0.2) is 18.2 Å². The van der Waals surface area contributed by atoms with Crippen molar-refractivity contribution >= 4 is 17.3 Å². The molecule has 0 spiro atoms. The molecular formula is C9H10N2O2. The Balaban J connectivity index is 2.42. The maximum atomic E-state index is 11.2. The van der Waals surface area contributed by atoms with Gasteiger partial charge in [0.1, 0.15) is 5.75 Å². The highest BCUT2D eigenvalue weighted by atomic mass is 16.5. The van der Waals surface area contributed by atoms with Gasteiger partial charge in [-0.05, 0) is 19.1 Å². The van der Waals surface area contributed by atoms with Crippen LogP contribution in [0.4, 0.5) is 11.4 Å². The van der Waals surface area contributed by atoms with Gasteiger partial charge in [0.05, 0.1) is 5.69 Å². The molecule has 1 heterocycles. The van der Waals surface area contributed by atoms with Gasteiger partial charge in [-0.15, -0.1) is 0 Å². The minimum atomic E-state index is -0.450. The van der Waals surface area contributed by atoms with Crippen LogP contribution in [0.3, 0.4) is 0 Å². The monoisotopic (exact) mass is 178 g/mol. The van der Waals surface area contributed by atoms with Gasteiger partial charge in [0.25, 0.3) is 5.91 Å². The Morgan fingerprint density at radius 1 is 1.54 bits per heavy atom. The average molecular weight is 178 g/mol. The van der Waals surface area contributed by atoms with Gasteiger partial charge in [-0.25, -0.2) is 0 Å². The third kappa shape index (κ3) is 1.30. The third-order valence-electron chi connectivity index (χ3n) is 1.94. The van der Waals surface area contributed by atoms with Gasteiger partial charge in [-0.2, -0.15) is 0 Å². The molecule has 0 aliphatic carbocycles. The molecule has 68 valence electrons. The summed E-state index contributed by atoms with van der Waals surface area (Å²) >= 11 is 0. The van der Waals surface area contributed by atoms with Gasteiger partial charge in [0.2, 0.25) is 0 Å². The van der Waals surface area contributed by atoms with Crippen LogP contribution in [-0.2, 0) is 4.79 Å². The molecule has 3 N–H and O–H groups in total. The van der Waals surface area contributed by atoms with Crippen LogP contribution < -0.4 is 15.8 Å². The van der Waals surface area contributed by atoms with Crippen LogP contribution in [0.5, 0.6) is 5.75 Å². The molecule has 2 rings (SSSR count). The van der Waals surface area contributed by atoms with Crippen molar-refractivity contribution in [1.82, 2.24) is 0 Å². The maximum Gasteiger partial charge on any atom is 0.265 e. The highest BCUT2D eigenvalue weighted by Crippen LogP contribution is 2.30. The Labute approximate surface area is 75.7 Å². The van der Waals surface area contributed by atoms with E-state index in [9.17, 15) is 4.79 Å². The lowest BCUT2D eigenvalue weighted by atomic mass is 10.2. The highest BCUT2D eigenvalue weighted by Gasteiger charge is 2.22. The lowest BCUT2D eigenvalue weighted by Crippen LogP contribution is -2.34. The molecule has 0 fully saturated rings. The number of hydrogen-bond acceptors (Lipinski definition) is 3. The zero-order chi connectivity index (χ0) is 9.42. The number of ether oxygens (including phenoxy) is 1. The summed E-state index contributed by atoms with van der Waals surface area (Å²) in [6, 6.07) is 5.15. The van der Waals surface area contributed by atoms with Crippen molar-refractivity contribution in [2.45, 2.75) is 13.0 Å². The molecule has 1 aromatic rings. The van der Waals surface area contributed by atoms with E-state index in [1.165, 1.54) is 0 Å². The van der Waals surface area contributed by atoms with Crippen molar-refractivity contribution in [3.05, 3.63) is 18.2 Å². The number of nitrogens with two attached hydrogens (primary N) is 1. The summed E-state index contributed by atoms with van der Waals surface area (Å²) < 4.78 is 5.33. The molecule has 1 atom stereocenters. The number of carbonyl (C=O) groups is 1. The third-order valence-corrected chi connectivity index (χ3v) is 1.94. The summed E-state index contributed by atoms with van der Waals surface area (Å²) in [7, 11) is 0. The molecule has 4 heteroatoms. The predicted octanol–water partition coefficient (Wildman–Crippen LogP) is 0.988. The Morgan fingerprint density at radius 3 is 3.08 bits per heavy atom. The van der Waals surface area contributed by atoms with E-state index in [-0.39, 0.29) is 5.91 Å². The minimum Gasteiger partial charge on any atom is -0.479 e. The summed E-state index contributed by atoms with van der Waals surface area (Å²) in [5, 5.41) is 2.72. The van der Waals surface area contributed by atoms with E-state index in [0.717, 1.165) is 0 Å². The van der Waals surface area contributed by atoms with Crippen molar-refractivity contribution in [1.29, 1.82) is 0 Å². The Kier molecular flexibility index (Phi) is 1.62. The molecular weight excluding hydrogens is 168 g/mol. The Hall–Kier alpha value is -1.71. The first-order valence-electron chi connectivity index (χ1n) is 4.04. The lowest BCUT2D eigenvalue weighted by Gasteiger charge is -2.23. The van der Waals surface area contributed by atoms with Crippen molar-refractivity contribution in [3.8, 4) is 5.75 Å². The highest BCUT2D eigenvalue weighted by molar-refractivity contribution is 5.97. The van der Waals surface area contributed by atoms with Crippen LogP contribution in [0.2, 0.25) is 0 Å². The summed E-state index contributed by atoms with van der Waals surface area (Å²) in [6.45, 7) is 1.70. The summed E-state index contributed by atoms with van der Waals surface area (Å²) in [4.78, 5) is 11.2. The zero-order valence-corrected chi connectivity index (χ0v) is 7.20. The number of rotatable bonds is 0. The van der Waals surface area contributed by atoms with E-state index in [2.05, 4.69) is 5.32 Å². The zero-order valence-electron chi connectivity index (χ0n) is 7.20. The molecule has 4 nitrogen and oxygen atoms in total.